The number of carbonyl (C=O) groups is 1. The molecule has 3 N–H and O–H groups in total. The fraction of sp³-hybridized carbons (Fsp3) is 0.176. The van der Waals surface area contributed by atoms with Crippen LogP contribution in [-0.4, -0.2) is 29.8 Å². The first-order chi connectivity index (χ1) is 12.5. The van der Waals surface area contributed by atoms with Crippen LogP contribution in [0, 0.1) is 5.82 Å². The van der Waals surface area contributed by atoms with E-state index in [9.17, 15) is 18.0 Å². The number of hydrogen-bond acceptors (Lipinski definition) is 4. The number of ether oxygens (including phenoxy) is 1. The number of fused-ring (bicyclic) bond motifs is 1. The minimum absolute atomic E-state index is 0.0540. The Bertz CT molecular complexity index is 943. The number of amides is 1. The lowest BCUT2D eigenvalue weighted by molar-refractivity contribution is -0.0504. The zero-order chi connectivity index (χ0) is 18.7. The number of rotatable bonds is 6. The third-order valence-corrected chi connectivity index (χ3v) is 3.73. The molecule has 0 aliphatic carbocycles. The van der Waals surface area contributed by atoms with Crippen molar-refractivity contribution in [2.45, 2.75) is 13.2 Å². The van der Waals surface area contributed by atoms with Gasteiger partial charge in [0.15, 0.2) is 5.69 Å². The molecule has 0 aliphatic rings. The smallest absolute Gasteiger partial charge is 0.387 e. The highest BCUT2D eigenvalue weighted by atomic mass is 19.3. The van der Waals surface area contributed by atoms with Crippen molar-refractivity contribution in [1.29, 1.82) is 0 Å². The highest BCUT2D eigenvalue weighted by Gasteiger charge is 2.14. The Morgan fingerprint density at radius 3 is 2.81 bits per heavy atom. The molecule has 0 bridgehead atoms. The van der Waals surface area contributed by atoms with Crippen LogP contribution < -0.4 is 15.4 Å². The molecule has 1 heterocycles. The van der Waals surface area contributed by atoms with Gasteiger partial charge in [-0.3, -0.25) is 9.89 Å². The summed E-state index contributed by atoms with van der Waals surface area (Å²) in [4.78, 5) is 11.8. The largest absolute Gasteiger partial charge is 0.434 e. The van der Waals surface area contributed by atoms with Gasteiger partial charge >= 0.3 is 6.61 Å². The Balaban J connectivity index is 1.84. The molecule has 1 amide bonds. The number of hydrogen-bond donors (Lipinski definition) is 3. The minimum atomic E-state index is -3.00. The monoisotopic (exact) mass is 364 g/mol. The van der Waals surface area contributed by atoms with E-state index < -0.39 is 12.4 Å². The first-order valence-corrected chi connectivity index (χ1v) is 7.65. The summed E-state index contributed by atoms with van der Waals surface area (Å²) in [6.07, 6.45) is 0. The zero-order valence-corrected chi connectivity index (χ0v) is 13.6. The van der Waals surface area contributed by atoms with Gasteiger partial charge in [0.25, 0.3) is 5.91 Å². The van der Waals surface area contributed by atoms with Gasteiger partial charge in [0.2, 0.25) is 0 Å². The maximum atomic E-state index is 13.4. The topological polar surface area (TPSA) is 79.0 Å². The highest BCUT2D eigenvalue weighted by Crippen LogP contribution is 2.25. The van der Waals surface area contributed by atoms with Crippen LogP contribution in [0.1, 0.15) is 16.1 Å². The van der Waals surface area contributed by atoms with Crippen LogP contribution in [0.25, 0.3) is 10.9 Å². The first-order valence-electron chi connectivity index (χ1n) is 7.65. The lowest BCUT2D eigenvalue weighted by Gasteiger charge is -2.12. The van der Waals surface area contributed by atoms with Crippen molar-refractivity contribution in [3.05, 3.63) is 53.5 Å². The van der Waals surface area contributed by atoms with Gasteiger partial charge in [-0.25, -0.2) is 4.39 Å². The normalized spacial score (nSPS) is 11.0. The summed E-state index contributed by atoms with van der Waals surface area (Å²) in [7, 11) is 1.50. The van der Waals surface area contributed by atoms with Gasteiger partial charge in [-0.1, -0.05) is 0 Å². The molecular formula is C17H15F3N4O2. The molecule has 3 aromatic rings. The molecule has 0 radical (unpaired) electrons. The number of nitrogens with one attached hydrogen (secondary N) is 3. The molecular weight excluding hydrogens is 349 g/mol. The second-order valence-electron chi connectivity index (χ2n) is 5.40. The first kappa shape index (κ1) is 17.6. The van der Waals surface area contributed by atoms with E-state index in [1.807, 2.05) is 0 Å². The molecule has 0 aliphatic heterocycles. The van der Waals surface area contributed by atoms with E-state index in [0.717, 1.165) is 18.2 Å². The van der Waals surface area contributed by atoms with Crippen molar-refractivity contribution in [2.75, 3.05) is 12.4 Å². The summed E-state index contributed by atoms with van der Waals surface area (Å²) >= 11 is 0. The number of aromatic nitrogens is 2. The molecule has 0 atom stereocenters. The average Bonchev–Trinajstić information content (AvgIpc) is 3.04. The number of nitrogens with zero attached hydrogens (tertiary/aromatic N) is 1. The lowest BCUT2D eigenvalue weighted by Crippen LogP contribution is -2.18. The summed E-state index contributed by atoms with van der Waals surface area (Å²) in [5.41, 5.74) is 1.75. The predicted molar refractivity (Wildman–Crippen MR) is 89.8 cm³/mol. The Hall–Kier alpha value is -3.23. The number of halogens is 3. The molecule has 0 fully saturated rings. The van der Waals surface area contributed by atoms with Crippen LogP contribution in [0.2, 0.25) is 0 Å². The highest BCUT2D eigenvalue weighted by molar-refractivity contribution is 6.05. The van der Waals surface area contributed by atoms with Gasteiger partial charge in [-0.15, -0.1) is 0 Å². The van der Waals surface area contributed by atoms with Gasteiger partial charge in [0.1, 0.15) is 11.6 Å². The van der Waals surface area contributed by atoms with Crippen LogP contribution in [-0.2, 0) is 6.54 Å². The summed E-state index contributed by atoms with van der Waals surface area (Å²) in [5, 5.41) is 12.8. The van der Waals surface area contributed by atoms with Gasteiger partial charge < -0.3 is 15.4 Å². The second-order valence-corrected chi connectivity index (χ2v) is 5.40. The third kappa shape index (κ3) is 3.71. The minimum Gasteiger partial charge on any atom is -0.434 e. The maximum absolute atomic E-state index is 13.4. The quantitative estimate of drug-likeness (QED) is 0.627. The van der Waals surface area contributed by atoms with Crippen molar-refractivity contribution in [3.63, 3.8) is 0 Å². The molecule has 0 unspecified atom stereocenters. The molecule has 0 saturated carbocycles. The van der Waals surface area contributed by atoms with Gasteiger partial charge in [-0.2, -0.15) is 13.9 Å². The van der Waals surface area contributed by atoms with E-state index in [0.29, 0.717) is 16.6 Å². The van der Waals surface area contributed by atoms with Crippen LogP contribution >= 0.6 is 0 Å². The van der Waals surface area contributed by atoms with Crippen LogP contribution in [0.15, 0.2) is 36.4 Å². The van der Waals surface area contributed by atoms with Crippen LogP contribution in [0.4, 0.5) is 18.9 Å². The maximum Gasteiger partial charge on any atom is 0.387 e. The van der Waals surface area contributed by atoms with Gasteiger partial charge in [-0.05, 0) is 36.4 Å². The van der Waals surface area contributed by atoms with Gasteiger partial charge in [0, 0.05) is 30.2 Å². The van der Waals surface area contributed by atoms with Crippen molar-refractivity contribution in [3.8, 4) is 5.75 Å². The fourth-order valence-electron chi connectivity index (χ4n) is 2.51. The summed E-state index contributed by atoms with van der Waals surface area (Å²) in [6.45, 7) is -2.95. The molecule has 3 rings (SSSR count). The Kier molecular flexibility index (Phi) is 4.97. The van der Waals surface area contributed by atoms with Gasteiger partial charge in [0.05, 0.1) is 5.52 Å². The fourth-order valence-corrected chi connectivity index (χ4v) is 2.51. The summed E-state index contributed by atoms with van der Waals surface area (Å²) in [6, 6.07) is 8.46. The van der Waals surface area contributed by atoms with Crippen LogP contribution in [0.3, 0.4) is 0 Å². The third-order valence-electron chi connectivity index (χ3n) is 3.73. The zero-order valence-electron chi connectivity index (χ0n) is 13.6. The number of alkyl halides is 2. The van der Waals surface area contributed by atoms with E-state index in [4.69, 9.17) is 0 Å². The molecule has 136 valence electrons. The molecule has 6 nitrogen and oxygen atoms in total. The second kappa shape index (κ2) is 7.34. The molecule has 0 spiro atoms. The standard InChI is InChI=1S/C17H15F3N4O2/c1-21-16(25)15-12-7-11(3-4-13(12)23-24-15)22-8-9-6-10(18)2-5-14(9)26-17(19)20/h2-7,17,22H,8H2,1H3,(H,21,25)(H,23,24). The lowest BCUT2D eigenvalue weighted by atomic mass is 10.1. The molecule has 0 saturated heterocycles. The number of carbonyl (C=O) groups excluding carboxylic acids is 1. The molecule has 1 aromatic heterocycles. The Morgan fingerprint density at radius 1 is 1.27 bits per heavy atom. The summed E-state index contributed by atoms with van der Waals surface area (Å²) < 4.78 is 42.8. The Morgan fingerprint density at radius 2 is 2.08 bits per heavy atom. The molecule has 9 heteroatoms. The molecule has 2 aromatic carbocycles. The average molecular weight is 364 g/mol. The van der Waals surface area contributed by atoms with Crippen molar-refractivity contribution >= 4 is 22.5 Å². The number of benzene rings is 2. The molecule has 26 heavy (non-hydrogen) atoms. The van der Waals surface area contributed by atoms with E-state index in [-0.39, 0.29) is 29.5 Å². The number of aromatic amines is 1. The van der Waals surface area contributed by atoms with E-state index >= 15 is 0 Å². The van der Waals surface area contributed by atoms with Crippen molar-refractivity contribution in [2.24, 2.45) is 0 Å². The Labute approximate surface area is 146 Å². The van der Waals surface area contributed by atoms with E-state index in [1.165, 1.54) is 7.05 Å². The van der Waals surface area contributed by atoms with E-state index in [2.05, 4.69) is 25.6 Å². The summed E-state index contributed by atoms with van der Waals surface area (Å²) in [5.74, 6) is -1.01. The SMILES string of the molecule is CNC(=O)c1n[nH]c2ccc(NCc3cc(F)ccc3OC(F)F)cc12. The number of anilines is 1. The van der Waals surface area contributed by atoms with Crippen LogP contribution in [0.5, 0.6) is 5.75 Å². The van der Waals surface area contributed by atoms with E-state index in [1.54, 1.807) is 18.2 Å². The van der Waals surface area contributed by atoms with Crippen molar-refractivity contribution < 1.29 is 22.7 Å². The number of H-pyrrole nitrogens is 1. The predicted octanol–water partition coefficient (Wildman–Crippen LogP) is 3.28. The van der Waals surface area contributed by atoms with Crippen molar-refractivity contribution in [1.82, 2.24) is 15.5 Å².